The van der Waals surface area contributed by atoms with Gasteiger partial charge in [0.1, 0.15) is 0 Å². The minimum atomic E-state index is -0.833. The second kappa shape index (κ2) is 7.13. The highest BCUT2D eigenvalue weighted by Crippen LogP contribution is 2.27. The molecule has 0 amide bonds. The van der Waals surface area contributed by atoms with E-state index in [1.807, 2.05) is 20.0 Å². The lowest BCUT2D eigenvalue weighted by molar-refractivity contribution is -0.133. The van der Waals surface area contributed by atoms with E-state index in [4.69, 9.17) is 9.84 Å². The number of carbonyl (C=O) groups is 1. The molecule has 0 atom stereocenters. The number of carboxylic acids is 1. The van der Waals surface area contributed by atoms with Crippen molar-refractivity contribution in [3.05, 3.63) is 11.9 Å². The van der Waals surface area contributed by atoms with E-state index in [0.29, 0.717) is 13.2 Å². The molecular formula is C14H24N2O3S. The van der Waals surface area contributed by atoms with Crippen molar-refractivity contribution in [1.29, 1.82) is 0 Å². The number of thioether (sulfide) groups is 1. The van der Waals surface area contributed by atoms with E-state index < -0.39 is 5.97 Å². The number of carboxylic acid groups (broad SMARTS) is 1. The molecule has 6 heteroatoms. The van der Waals surface area contributed by atoms with E-state index in [1.54, 1.807) is 0 Å². The van der Waals surface area contributed by atoms with E-state index in [0.717, 1.165) is 10.9 Å². The standard InChI is InChI=1S/C14H24N2O3S/c1-10(2)19-7-6-16-11(14(3,4)5)8-15-13(16)20-9-12(17)18/h8,10H,6-7,9H2,1-5H3,(H,17,18). The summed E-state index contributed by atoms with van der Waals surface area (Å²) < 4.78 is 7.65. The van der Waals surface area contributed by atoms with Crippen molar-refractivity contribution in [2.75, 3.05) is 12.4 Å². The molecule has 0 radical (unpaired) electrons. The Kier molecular flexibility index (Phi) is 6.07. The summed E-state index contributed by atoms with van der Waals surface area (Å²) in [7, 11) is 0. The first-order valence-electron chi connectivity index (χ1n) is 6.74. The number of rotatable bonds is 7. The average Bonchev–Trinajstić information content (AvgIpc) is 2.68. The van der Waals surface area contributed by atoms with Gasteiger partial charge in [-0.05, 0) is 13.8 Å². The van der Waals surface area contributed by atoms with E-state index >= 15 is 0 Å². The van der Waals surface area contributed by atoms with Crippen LogP contribution in [0, 0.1) is 0 Å². The molecule has 114 valence electrons. The maximum Gasteiger partial charge on any atom is 0.313 e. The van der Waals surface area contributed by atoms with Crippen molar-refractivity contribution in [1.82, 2.24) is 9.55 Å². The Bertz CT molecular complexity index is 450. The molecule has 1 aromatic heterocycles. The molecule has 1 rings (SSSR count). The average molecular weight is 300 g/mol. The molecule has 0 bridgehead atoms. The second-order valence-corrected chi connectivity index (χ2v) is 6.87. The van der Waals surface area contributed by atoms with Gasteiger partial charge >= 0.3 is 5.97 Å². The maximum atomic E-state index is 10.7. The zero-order valence-corrected chi connectivity index (χ0v) is 13.7. The van der Waals surface area contributed by atoms with E-state index in [1.165, 1.54) is 11.8 Å². The van der Waals surface area contributed by atoms with Gasteiger partial charge in [0.15, 0.2) is 5.16 Å². The minimum Gasteiger partial charge on any atom is -0.481 e. The fourth-order valence-corrected chi connectivity index (χ4v) is 2.52. The molecule has 0 unspecified atom stereocenters. The number of aromatic nitrogens is 2. The SMILES string of the molecule is CC(C)OCCn1c(C(C)(C)C)cnc1SCC(=O)O. The van der Waals surface area contributed by atoms with Crippen LogP contribution in [0.25, 0.3) is 0 Å². The first-order valence-corrected chi connectivity index (χ1v) is 7.72. The fourth-order valence-electron chi connectivity index (χ4n) is 1.79. The Morgan fingerprint density at radius 2 is 2.15 bits per heavy atom. The minimum absolute atomic E-state index is 0.0195. The van der Waals surface area contributed by atoms with Crippen LogP contribution in [-0.4, -0.2) is 39.1 Å². The number of hydrogen-bond acceptors (Lipinski definition) is 4. The molecule has 0 saturated carbocycles. The van der Waals surface area contributed by atoms with Crippen molar-refractivity contribution >= 4 is 17.7 Å². The van der Waals surface area contributed by atoms with Crippen LogP contribution < -0.4 is 0 Å². The third-order valence-electron chi connectivity index (χ3n) is 2.68. The largest absolute Gasteiger partial charge is 0.481 e. The number of nitrogens with zero attached hydrogens (tertiary/aromatic N) is 2. The van der Waals surface area contributed by atoms with Crippen molar-refractivity contribution in [2.45, 2.75) is 57.8 Å². The number of ether oxygens (including phenoxy) is 1. The highest BCUT2D eigenvalue weighted by molar-refractivity contribution is 7.99. The van der Waals surface area contributed by atoms with Gasteiger partial charge in [0, 0.05) is 23.9 Å². The van der Waals surface area contributed by atoms with Crippen LogP contribution in [0.5, 0.6) is 0 Å². The predicted molar refractivity (Wildman–Crippen MR) is 80.4 cm³/mol. The normalized spacial score (nSPS) is 12.1. The molecule has 0 aliphatic rings. The summed E-state index contributed by atoms with van der Waals surface area (Å²) >= 11 is 1.25. The first-order chi connectivity index (χ1) is 9.21. The summed E-state index contributed by atoms with van der Waals surface area (Å²) in [6, 6.07) is 0. The van der Waals surface area contributed by atoms with Crippen molar-refractivity contribution < 1.29 is 14.6 Å². The molecule has 1 aromatic rings. The smallest absolute Gasteiger partial charge is 0.313 e. The molecular weight excluding hydrogens is 276 g/mol. The third-order valence-corrected chi connectivity index (χ3v) is 3.65. The Morgan fingerprint density at radius 3 is 2.65 bits per heavy atom. The van der Waals surface area contributed by atoms with E-state index in [2.05, 4.69) is 30.3 Å². The van der Waals surface area contributed by atoms with Crippen molar-refractivity contribution in [3.8, 4) is 0 Å². The summed E-state index contributed by atoms with van der Waals surface area (Å²) in [6.07, 6.45) is 2.02. The molecule has 0 aliphatic heterocycles. The quantitative estimate of drug-likeness (QED) is 0.784. The summed E-state index contributed by atoms with van der Waals surface area (Å²) in [6.45, 7) is 11.6. The number of hydrogen-bond donors (Lipinski definition) is 1. The molecule has 1 N–H and O–H groups in total. The Morgan fingerprint density at radius 1 is 1.50 bits per heavy atom. The van der Waals surface area contributed by atoms with Gasteiger partial charge in [-0.1, -0.05) is 32.5 Å². The molecule has 5 nitrogen and oxygen atoms in total. The van der Waals surface area contributed by atoms with Gasteiger partial charge < -0.3 is 14.4 Å². The summed E-state index contributed by atoms with van der Waals surface area (Å²) in [4.78, 5) is 15.1. The van der Waals surface area contributed by atoms with Crippen LogP contribution in [0.1, 0.15) is 40.3 Å². The molecule has 0 spiro atoms. The van der Waals surface area contributed by atoms with Gasteiger partial charge in [-0.3, -0.25) is 4.79 Å². The summed E-state index contributed by atoms with van der Waals surface area (Å²) in [5.74, 6) is -0.814. The van der Waals surface area contributed by atoms with Gasteiger partial charge in [0.2, 0.25) is 0 Å². The number of imidazole rings is 1. The first kappa shape index (κ1) is 17.0. The Balaban J connectivity index is 2.88. The zero-order chi connectivity index (χ0) is 15.3. The van der Waals surface area contributed by atoms with Crippen molar-refractivity contribution in [3.63, 3.8) is 0 Å². The lowest BCUT2D eigenvalue weighted by Gasteiger charge is -2.22. The lowest BCUT2D eigenvalue weighted by atomic mass is 9.93. The lowest BCUT2D eigenvalue weighted by Crippen LogP contribution is -2.21. The van der Waals surface area contributed by atoms with E-state index in [-0.39, 0.29) is 17.3 Å². The summed E-state index contributed by atoms with van der Waals surface area (Å²) in [5.41, 5.74) is 1.06. The fraction of sp³-hybridized carbons (Fsp3) is 0.714. The Labute approximate surface area is 124 Å². The highest BCUT2D eigenvalue weighted by Gasteiger charge is 2.22. The van der Waals surface area contributed by atoms with Gasteiger partial charge in [-0.25, -0.2) is 4.98 Å². The van der Waals surface area contributed by atoms with Crippen LogP contribution >= 0.6 is 11.8 Å². The molecule has 0 aliphatic carbocycles. The molecule has 20 heavy (non-hydrogen) atoms. The van der Waals surface area contributed by atoms with Crippen LogP contribution in [0.15, 0.2) is 11.4 Å². The van der Waals surface area contributed by atoms with Gasteiger partial charge in [-0.15, -0.1) is 0 Å². The monoisotopic (exact) mass is 300 g/mol. The highest BCUT2D eigenvalue weighted by atomic mass is 32.2. The van der Waals surface area contributed by atoms with Crippen LogP contribution in [0.3, 0.4) is 0 Å². The van der Waals surface area contributed by atoms with Crippen LogP contribution in [0.2, 0.25) is 0 Å². The summed E-state index contributed by atoms with van der Waals surface area (Å²) in [5, 5.41) is 9.54. The topological polar surface area (TPSA) is 64.4 Å². The van der Waals surface area contributed by atoms with Gasteiger partial charge in [0.25, 0.3) is 0 Å². The molecule has 1 heterocycles. The maximum absolute atomic E-state index is 10.7. The van der Waals surface area contributed by atoms with Crippen molar-refractivity contribution in [2.24, 2.45) is 0 Å². The van der Waals surface area contributed by atoms with Crippen LogP contribution in [0.4, 0.5) is 0 Å². The zero-order valence-electron chi connectivity index (χ0n) is 12.8. The number of aliphatic carboxylic acids is 1. The van der Waals surface area contributed by atoms with E-state index in [9.17, 15) is 4.79 Å². The Hall–Kier alpha value is -1.01. The predicted octanol–water partition coefficient (Wildman–Crippen LogP) is 2.78. The van der Waals surface area contributed by atoms with Crippen LogP contribution in [-0.2, 0) is 21.5 Å². The molecule has 0 saturated heterocycles. The van der Waals surface area contributed by atoms with Gasteiger partial charge in [0.05, 0.1) is 18.5 Å². The molecule has 0 aromatic carbocycles. The van der Waals surface area contributed by atoms with Gasteiger partial charge in [-0.2, -0.15) is 0 Å². The second-order valence-electron chi connectivity index (χ2n) is 5.93. The third kappa shape index (κ3) is 5.17. The molecule has 0 fully saturated rings.